The lowest BCUT2D eigenvalue weighted by atomic mass is 9.93. The monoisotopic (exact) mass is 453 g/mol. The second-order valence-corrected chi connectivity index (χ2v) is 9.39. The molecule has 0 saturated carbocycles. The molecule has 1 unspecified atom stereocenters. The molecule has 1 atom stereocenters. The first-order valence-electron chi connectivity index (χ1n) is 10.3. The minimum Gasteiger partial charge on any atom is -0.309 e. The first-order chi connectivity index (χ1) is 15.1. The molecule has 31 heavy (non-hydrogen) atoms. The second kappa shape index (κ2) is 8.54. The Bertz CT molecular complexity index is 1320. The van der Waals surface area contributed by atoms with E-state index in [0.29, 0.717) is 12.6 Å². The van der Waals surface area contributed by atoms with Crippen LogP contribution in [-0.2, 0) is 25.9 Å². The van der Waals surface area contributed by atoms with Crippen LogP contribution in [0.2, 0.25) is 5.02 Å². The van der Waals surface area contributed by atoms with Crippen LogP contribution >= 0.6 is 22.9 Å². The first kappa shape index (κ1) is 20.4. The summed E-state index contributed by atoms with van der Waals surface area (Å²) in [5, 5.41) is 5.11. The predicted molar refractivity (Wildman–Crippen MR) is 123 cm³/mol. The molecule has 5 rings (SSSR count). The van der Waals surface area contributed by atoms with Gasteiger partial charge in [-0.05, 0) is 54.2 Å². The molecule has 0 fully saturated rings. The highest BCUT2D eigenvalue weighted by molar-refractivity contribution is 7.18. The predicted octanol–water partition coefficient (Wildman–Crippen LogP) is 4.95. The van der Waals surface area contributed by atoms with Gasteiger partial charge in [0.25, 0.3) is 5.56 Å². The van der Waals surface area contributed by atoms with Crippen LogP contribution in [0.4, 0.5) is 4.39 Å². The number of thiophene rings is 1. The van der Waals surface area contributed by atoms with E-state index >= 15 is 0 Å². The zero-order valence-electron chi connectivity index (χ0n) is 16.8. The van der Waals surface area contributed by atoms with Gasteiger partial charge in [-0.25, -0.2) is 9.37 Å². The summed E-state index contributed by atoms with van der Waals surface area (Å²) in [6.45, 7) is 1.04. The summed E-state index contributed by atoms with van der Waals surface area (Å²) in [5.74, 6) is -0.303. The van der Waals surface area contributed by atoms with E-state index in [4.69, 9.17) is 11.6 Å². The van der Waals surface area contributed by atoms with Gasteiger partial charge in [0.2, 0.25) is 0 Å². The quantitative estimate of drug-likeness (QED) is 0.465. The van der Waals surface area contributed by atoms with Crippen LogP contribution in [0.3, 0.4) is 0 Å². The molecule has 2 aromatic carbocycles. The zero-order chi connectivity index (χ0) is 21.4. The molecule has 0 amide bonds. The van der Waals surface area contributed by atoms with E-state index in [0.717, 1.165) is 57.7 Å². The Kier molecular flexibility index (Phi) is 5.61. The number of aryl methyl sites for hydroxylation is 1. The van der Waals surface area contributed by atoms with Crippen molar-refractivity contribution >= 4 is 33.2 Å². The standard InChI is InChI=1S/C24H21ClFN3OS/c25-20-7-2-1-5-16(20)12-27-18-8-9-19-21(11-18)31-23-22(19)24(30)29(14-28-23)13-15-4-3-6-17(26)10-15/h1-7,10,14,18,27H,8-9,11-13H2. The fourth-order valence-corrected chi connectivity index (χ4v) is 5.68. The van der Waals surface area contributed by atoms with Gasteiger partial charge in [-0.1, -0.05) is 41.9 Å². The van der Waals surface area contributed by atoms with Gasteiger partial charge in [0, 0.05) is 22.5 Å². The van der Waals surface area contributed by atoms with E-state index in [9.17, 15) is 9.18 Å². The number of nitrogens with zero attached hydrogens (tertiary/aromatic N) is 2. The van der Waals surface area contributed by atoms with Crippen LogP contribution in [0.15, 0.2) is 59.7 Å². The van der Waals surface area contributed by atoms with Crippen molar-refractivity contribution in [2.24, 2.45) is 0 Å². The lowest BCUT2D eigenvalue weighted by Gasteiger charge is -2.23. The van der Waals surface area contributed by atoms with Crippen LogP contribution in [0, 0.1) is 5.82 Å². The summed E-state index contributed by atoms with van der Waals surface area (Å²) in [4.78, 5) is 19.7. The molecule has 4 nitrogen and oxygen atoms in total. The van der Waals surface area contributed by atoms with Gasteiger partial charge < -0.3 is 5.32 Å². The number of hydrogen-bond acceptors (Lipinski definition) is 4. The fraction of sp³-hybridized carbons (Fsp3) is 0.250. The topological polar surface area (TPSA) is 46.9 Å². The van der Waals surface area contributed by atoms with Crippen LogP contribution in [0.25, 0.3) is 10.2 Å². The number of fused-ring (bicyclic) bond motifs is 3. The van der Waals surface area contributed by atoms with Gasteiger partial charge in [0.1, 0.15) is 10.6 Å². The number of benzene rings is 2. The van der Waals surface area contributed by atoms with Crippen molar-refractivity contribution in [3.63, 3.8) is 0 Å². The van der Waals surface area contributed by atoms with E-state index in [-0.39, 0.29) is 11.4 Å². The van der Waals surface area contributed by atoms with Gasteiger partial charge in [0.05, 0.1) is 18.3 Å². The summed E-state index contributed by atoms with van der Waals surface area (Å²) in [6, 6.07) is 14.5. The molecule has 0 aliphatic heterocycles. The molecular weight excluding hydrogens is 433 g/mol. The van der Waals surface area contributed by atoms with Crippen molar-refractivity contribution in [1.82, 2.24) is 14.9 Å². The van der Waals surface area contributed by atoms with E-state index in [2.05, 4.69) is 10.3 Å². The molecular formula is C24H21ClFN3OS. The number of nitrogens with one attached hydrogen (secondary N) is 1. The van der Waals surface area contributed by atoms with Crippen molar-refractivity contribution in [2.45, 2.75) is 38.4 Å². The van der Waals surface area contributed by atoms with E-state index in [1.165, 1.54) is 17.0 Å². The number of rotatable bonds is 5. The summed E-state index contributed by atoms with van der Waals surface area (Å²) in [6.07, 6.45) is 4.26. The van der Waals surface area contributed by atoms with Gasteiger partial charge in [-0.2, -0.15) is 0 Å². The third-order valence-electron chi connectivity index (χ3n) is 5.82. The summed E-state index contributed by atoms with van der Waals surface area (Å²) < 4.78 is 15.1. The molecule has 2 aromatic heterocycles. The first-order valence-corrected chi connectivity index (χ1v) is 11.5. The van der Waals surface area contributed by atoms with Crippen molar-refractivity contribution in [2.75, 3.05) is 0 Å². The van der Waals surface area contributed by atoms with E-state index in [1.807, 2.05) is 30.3 Å². The third kappa shape index (κ3) is 4.15. The van der Waals surface area contributed by atoms with Crippen molar-refractivity contribution in [1.29, 1.82) is 0 Å². The Morgan fingerprint density at radius 1 is 1.23 bits per heavy atom. The average molecular weight is 454 g/mol. The van der Waals surface area contributed by atoms with E-state index < -0.39 is 0 Å². The molecule has 4 aromatic rings. The number of hydrogen-bond donors (Lipinski definition) is 1. The smallest absolute Gasteiger partial charge is 0.262 e. The Labute approximate surface area is 188 Å². The number of aromatic nitrogens is 2. The summed E-state index contributed by atoms with van der Waals surface area (Å²) in [5.41, 5.74) is 2.92. The molecule has 2 heterocycles. The fourth-order valence-electron chi connectivity index (χ4n) is 4.22. The Morgan fingerprint density at radius 3 is 2.94 bits per heavy atom. The van der Waals surface area contributed by atoms with Gasteiger partial charge in [0.15, 0.2) is 0 Å². The average Bonchev–Trinajstić information content (AvgIpc) is 3.14. The van der Waals surface area contributed by atoms with Gasteiger partial charge in [-0.15, -0.1) is 11.3 Å². The highest BCUT2D eigenvalue weighted by Crippen LogP contribution is 2.34. The summed E-state index contributed by atoms with van der Waals surface area (Å²) >= 11 is 7.88. The summed E-state index contributed by atoms with van der Waals surface area (Å²) in [7, 11) is 0. The lowest BCUT2D eigenvalue weighted by Crippen LogP contribution is -2.34. The highest BCUT2D eigenvalue weighted by atomic mass is 35.5. The largest absolute Gasteiger partial charge is 0.309 e. The van der Waals surface area contributed by atoms with E-state index in [1.54, 1.807) is 28.3 Å². The molecule has 0 bridgehead atoms. The molecule has 7 heteroatoms. The minimum absolute atomic E-state index is 0.0470. The lowest BCUT2D eigenvalue weighted by molar-refractivity contribution is 0.463. The normalized spacial score (nSPS) is 15.9. The van der Waals surface area contributed by atoms with Crippen LogP contribution in [-0.4, -0.2) is 15.6 Å². The zero-order valence-corrected chi connectivity index (χ0v) is 18.3. The van der Waals surface area contributed by atoms with Crippen molar-refractivity contribution < 1.29 is 4.39 Å². The van der Waals surface area contributed by atoms with Crippen molar-refractivity contribution in [3.05, 3.63) is 97.6 Å². The van der Waals surface area contributed by atoms with Crippen LogP contribution in [0.5, 0.6) is 0 Å². The third-order valence-corrected chi connectivity index (χ3v) is 7.35. The highest BCUT2D eigenvalue weighted by Gasteiger charge is 2.25. The maximum absolute atomic E-state index is 13.5. The van der Waals surface area contributed by atoms with Crippen molar-refractivity contribution in [3.8, 4) is 0 Å². The maximum atomic E-state index is 13.5. The van der Waals surface area contributed by atoms with Crippen LogP contribution < -0.4 is 10.9 Å². The molecule has 158 valence electrons. The Hall–Kier alpha value is -2.54. The molecule has 1 N–H and O–H groups in total. The molecule has 1 aliphatic rings. The van der Waals surface area contributed by atoms with Gasteiger partial charge in [-0.3, -0.25) is 9.36 Å². The molecule has 0 spiro atoms. The SMILES string of the molecule is O=c1c2c3c(sc2ncn1Cc1cccc(F)c1)CC(NCc1ccccc1Cl)CC3. The Morgan fingerprint density at radius 2 is 2.10 bits per heavy atom. The maximum Gasteiger partial charge on any atom is 0.262 e. The second-order valence-electron chi connectivity index (χ2n) is 7.90. The Balaban J connectivity index is 1.37. The number of halogens is 2. The molecule has 1 aliphatic carbocycles. The minimum atomic E-state index is -0.303. The molecule has 0 radical (unpaired) electrons. The van der Waals surface area contributed by atoms with Gasteiger partial charge >= 0.3 is 0 Å². The molecule has 0 saturated heterocycles. The van der Waals surface area contributed by atoms with Crippen LogP contribution in [0.1, 0.15) is 28.0 Å².